The summed E-state index contributed by atoms with van der Waals surface area (Å²) in [5, 5.41) is 9.41. The number of hydrogen-bond donors (Lipinski definition) is 0. The number of halogens is 2. The Hall–Kier alpha value is -5.69. The van der Waals surface area contributed by atoms with Gasteiger partial charge in [0, 0.05) is 57.4 Å². The second-order valence-corrected chi connectivity index (χ2v) is 12.9. The number of amides is 1. The van der Waals surface area contributed by atoms with Gasteiger partial charge in [0.1, 0.15) is 29.7 Å². The van der Waals surface area contributed by atoms with Gasteiger partial charge in [-0.25, -0.2) is 9.37 Å². The van der Waals surface area contributed by atoms with Gasteiger partial charge in [0.05, 0.1) is 29.5 Å². The number of carbonyl (C=O) groups excluding carboxylic acids is 1. The molecule has 4 aromatic carbocycles. The molecule has 6 rings (SSSR count). The molecule has 8 nitrogen and oxygen atoms in total. The fourth-order valence-corrected chi connectivity index (χ4v) is 5.89. The molecule has 1 fully saturated rings. The molecule has 0 atom stereocenters. The van der Waals surface area contributed by atoms with Crippen molar-refractivity contribution in [3.8, 4) is 29.2 Å². The van der Waals surface area contributed by atoms with E-state index in [1.54, 1.807) is 60.8 Å². The molecule has 5 aromatic rings. The summed E-state index contributed by atoms with van der Waals surface area (Å²) in [5.41, 5.74) is 5.52. The highest BCUT2D eigenvalue weighted by atomic mass is 35.5. The fourth-order valence-electron chi connectivity index (χ4n) is 5.67. The average Bonchev–Trinajstić information content (AvgIpc) is 3.17. The van der Waals surface area contributed by atoms with Gasteiger partial charge < -0.3 is 19.1 Å². The summed E-state index contributed by atoms with van der Waals surface area (Å²) in [4.78, 5) is 21.6. The Morgan fingerprint density at radius 2 is 1.58 bits per heavy atom. The zero-order chi connectivity index (χ0) is 36.3. The van der Waals surface area contributed by atoms with Crippen molar-refractivity contribution >= 4 is 23.6 Å². The zero-order valence-corrected chi connectivity index (χ0v) is 29.6. The Morgan fingerprint density at radius 1 is 0.885 bits per heavy atom. The van der Waals surface area contributed by atoms with E-state index in [9.17, 15) is 9.18 Å². The van der Waals surface area contributed by atoms with Gasteiger partial charge in [-0.15, -0.1) is 0 Å². The molecule has 0 unspecified atom stereocenters. The molecule has 1 aromatic heterocycles. The molecule has 0 radical (unpaired) electrons. The van der Waals surface area contributed by atoms with E-state index in [1.165, 1.54) is 23.3 Å². The van der Waals surface area contributed by atoms with Crippen molar-refractivity contribution in [2.45, 2.75) is 26.5 Å². The van der Waals surface area contributed by atoms with Crippen LogP contribution in [0.5, 0.6) is 23.1 Å². The number of benzene rings is 4. The van der Waals surface area contributed by atoms with Crippen molar-refractivity contribution in [2.24, 2.45) is 0 Å². The van der Waals surface area contributed by atoms with E-state index in [4.69, 9.17) is 31.1 Å². The first-order valence-corrected chi connectivity index (χ1v) is 17.4. The van der Waals surface area contributed by atoms with E-state index in [2.05, 4.69) is 40.2 Å². The minimum atomic E-state index is -0.276. The van der Waals surface area contributed by atoms with Crippen molar-refractivity contribution in [2.75, 3.05) is 32.8 Å². The van der Waals surface area contributed by atoms with E-state index >= 15 is 0 Å². The maximum absolute atomic E-state index is 13.1. The molecule has 0 spiro atoms. The number of carbonyl (C=O) groups is 1. The monoisotopic (exact) mass is 716 g/mol. The van der Waals surface area contributed by atoms with Crippen LogP contribution in [0.4, 0.5) is 4.39 Å². The maximum atomic E-state index is 13.1. The van der Waals surface area contributed by atoms with E-state index < -0.39 is 0 Å². The van der Waals surface area contributed by atoms with Crippen LogP contribution < -0.4 is 14.2 Å². The van der Waals surface area contributed by atoms with E-state index in [-0.39, 0.29) is 11.7 Å². The third-order valence-corrected chi connectivity index (χ3v) is 9.03. The molecule has 10 heteroatoms. The lowest BCUT2D eigenvalue weighted by Crippen LogP contribution is -2.47. The van der Waals surface area contributed by atoms with Crippen LogP contribution in [0.1, 0.15) is 33.4 Å². The van der Waals surface area contributed by atoms with Crippen LogP contribution in [0.25, 0.3) is 6.08 Å². The lowest BCUT2D eigenvalue weighted by molar-refractivity contribution is -0.127. The number of hydrogen-bond acceptors (Lipinski definition) is 7. The highest BCUT2D eigenvalue weighted by Gasteiger charge is 2.20. The van der Waals surface area contributed by atoms with E-state index in [0.717, 1.165) is 42.7 Å². The average molecular weight is 717 g/mol. The number of aryl methyl sites for hydroxylation is 1. The predicted molar refractivity (Wildman–Crippen MR) is 199 cm³/mol. The van der Waals surface area contributed by atoms with Gasteiger partial charge in [0.15, 0.2) is 0 Å². The Labute approximate surface area is 308 Å². The van der Waals surface area contributed by atoms with Crippen molar-refractivity contribution < 1.29 is 23.4 Å². The quantitative estimate of drug-likeness (QED) is 0.113. The summed E-state index contributed by atoms with van der Waals surface area (Å²) in [5.74, 6) is 1.88. The fraction of sp³-hybridized carbons (Fsp3) is 0.214. The summed E-state index contributed by atoms with van der Waals surface area (Å²) in [7, 11) is 0. The van der Waals surface area contributed by atoms with E-state index in [1.807, 2.05) is 30.0 Å². The van der Waals surface area contributed by atoms with Gasteiger partial charge in [-0.1, -0.05) is 48.0 Å². The van der Waals surface area contributed by atoms with Crippen molar-refractivity contribution in [3.05, 3.63) is 154 Å². The first-order valence-electron chi connectivity index (χ1n) is 17.0. The lowest BCUT2D eigenvalue weighted by atomic mass is 10.1. The minimum Gasteiger partial charge on any atom is -0.493 e. The smallest absolute Gasteiger partial charge is 0.246 e. The van der Waals surface area contributed by atoms with Crippen molar-refractivity contribution in [1.82, 2.24) is 14.8 Å². The molecule has 2 heterocycles. The van der Waals surface area contributed by atoms with Crippen molar-refractivity contribution in [3.63, 3.8) is 0 Å². The zero-order valence-electron chi connectivity index (χ0n) is 28.8. The Balaban J connectivity index is 0.931. The molecule has 1 aliphatic rings. The maximum Gasteiger partial charge on any atom is 0.246 e. The highest BCUT2D eigenvalue weighted by Crippen LogP contribution is 2.31. The van der Waals surface area contributed by atoms with Crippen LogP contribution in [0, 0.1) is 24.1 Å². The number of pyridine rings is 1. The van der Waals surface area contributed by atoms with Crippen LogP contribution in [-0.4, -0.2) is 53.5 Å². The molecular weight excluding hydrogens is 679 g/mol. The third-order valence-electron chi connectivity index (χ3n) is 8.70. The minimum absolute atomic E-state index is 0.0494. The normalized spacial score (nSPS) is 13.2. The summed E-state index contributed by atoms with van der Waals surface area (Å²) in [6.07, 6.45) is 5.68. The third kappa shape index (κ3) is 10.2. The molecule has 0 N–H and O–H groups in total. The topological polar surface area (TPSA) is 87.9 Å². The van der Waals surface area contributed by atoms with Crippen LogP contribution >= 0.6 is 11.6 Å². The molecule has 264 valence electrons. The molecule has 0 aliphatic carbocycles. The number of ether oxygens (including phenoxy) is 3. The SMILES string of the molecule is Cc1cc(C=CC(=O)N2CCN(Cc3ccc(CCOc4ccc(F)cc4)cc3)CC2)c(Cl)cc1Oc1ccc(OCc2ccc(C#N)cc2)cn1. The molecule has 52 heavy (non-hydrogen) atoms. The predicted octanol–water partition coefficient (Wildman–Crippen LogP) is 8.40. The number of aromatic nitrogens is 1. The number of nitriles is 1. The molecular formula is C42H38ClFN4O4. The summed E-state index contributed by atoms with van der Waals surface area (Å²) < 4.78 is 30.6. The second-order valence-electron chi connectivity index (χ2n) is 12.5. The van der Waals surface area contributed by atoms with Crippen LogP contribution in [0.3, 0.4) is 0 Å². The summed E-state index contributed by atoms with van der Waals surface area (Å²) in [6, 6.07) is 31.0. The van der Waals surface area contributed by atoms with Gasteiger partial charge in [-0.05, 0) is 89.3 Å². The number of nitrogens with zero attached hydrogens (tertiary/aromatic N) is 4. The van der Waals surface area contributed by atoms with Gasteiger partial charge in [-0.3, -0.25) is 9.69 Å². The number of rotatable bonds is 13. The first kappa shape index (κ1) is 36.1. The van der Waals surface area contributed by atoms with Gasteiger partial charge >= 0.3 is 0 Å². The van der Waals surface area contributed by atoms with Crippen molar-refractivity contribution in [1.29, 1.82) is 5.26 Å². The Morgan fingerprint density at radius 3 is 2.27 bits per heavy atom. The number of piperazine rings is 1. The Bertz CT molecular complexity index is 2020. The molecule has 0 saturated carbocycles. The lowest BCUT2D eigenvalue weighted by Gasteiger charge is -2.34. The second kappa shape index (κ2) is 17.5. The molecule has 1 saturated heterocycles. The standard InChI is InChI=1S/C42H38ClFN4O4/c1-30-24-35(39(43)25-40(30)52-41-16-15-38(27-46-41)51-29-34-8-4-32(26-45)5-9-34)10-17-42(49)48-21-19-47(20-22-48)28-33-6-2-31(3-7-33)18-23-50-37-13-11-36(44)12-14-37/h2-17,24-25,27H,18-23,28-29H2,1H3. The van der Waals surface area contributed by atoms with Gasteiger partial charge in [-0.2, -0.15) is 5.26 Å². The van der Waals surface area contributed by atoms with Gasteiger partial charge in [0.25, 0.3) is 0 Å². The molecule has 0 bridgehead atoms. The van der Waals surface area contributed by atoms with Crippen LogP contribution in [0.2, 0.25) is 5.02 Å². The molecule has 1 aliphatic heterocycles. The highest BCUT2D eigenvalue weighted by molar-refractivity contribution is 6.32. The van der Waals surface area contributed by atoms with Crippen LogP contribution in [0.15, 0.2) is 109 Å². The first-order chi connectivity index (χ1) is 25.3. The largest absolute Gasteiger partial charge is 0.493 e. The Kier molecular flexibility index (Phi) is 12.1. The summed E-state index contributed by atoms with van der Waals surface area (Å²) >= 11 is 6.60. The van der Waals surface area contributed by atoms with E-state index in [0.29, 0.717) is 60.0 Å². The van der Waals surface area contributed by atoms with Gasteiger partial charge in [0.2, 0.25) is 11.8 Å². The molecule has 1 amide bonds. The van der Waals surface area contributed by atoms with Crippen LogP contribution in [-0.2, 0) is 24.4 Å². The summed E-state index contributed by atoms with van der Waals surface area (Å²) in [6.45, 7) is 6.48.